The number of benzene rings is 1. The number of rotatable bonds is 4. The third kappa shape index (κ3) is 3.67. The van der Waals surface area contributed by atoms with Gasteiger partial charge in [0.15, 0.2) is 6.19 Å². The number of nitrogens with zero attached hydrogens (tertiary/aromatic N) is 3. The molecule has 0 unspecified atom stereocenters. The van der Waals surface area contributed by atoms with Crippen LogP contribution in [0.3, 0.4) is 0 Å². The molecule has 1 aliphatic rings. The standard InChI is InChI=1S/C18H18N4O/c19-13-22-9-8-14(12-22)10-21-18(23)17-7-6-16(11-20-17)15-4-2-1-3-5-15/h1-7,11,14H,8-10,12H2,(H,21,23)/t14-/m1/s1. The number of hydrogen-bond donors (Lipinski definition) is 1. The van der Waals surface area contributed by atoms with Crippen molar-refractivity contribution < 1.29 is 4.79 Å². The molecule has 1 aliphatic heterocycles. The first kappa shape index (κ1) is 15.0. The van der Waals surface area contributed by atoms with Crippen LogP contribution in [0, 0.1) is 17.4 Å². The molecule has 116 valence electrons. The van der Waals surface area contributed by atoms with Gasteiger partial charge in [-0.15, -0.1) is 0 Å². The zero-order chi connectivity index (χ0) is 16.1. The van der Waals surface area contributed by atoms with Crippen molar-refractivity contribution in [1.82, 2.24) is 15.2 Å². The second-order valence-corrected chi connectivity index (χ2v) is 5.71. The molecule has 0 aliphatic carbocycles. The summed E-state index contributed by atoms with van der Waals surface area (Å²) in [5, 5.41) is 11.7. The van der Waals surface area contributed by atoms with E-state index in [4.69, 9.17) is 5.26 Å². The summed E-state index contributed by atoms with van der Waals surface area (Å²) in [6, 6.07) is 13.6. The van der Waals surface area contributed by atoms with Crippen molar-refractivity contribution in [3.05, 3.63) is 54.4 Å². The molecule has 1 aromatic carbocycles. The van der Waals surface area contributed by atoms with E-state index in [0.717, 1.165) is 30.6 Å². The molecule has 1 aromatic heterocycles. The Morgan fingerprint density at radius 1 is 1.26 bits per heavy atom. The Hall–Kier alpha value is -2.87. The summed E-state index contributed by atoms with van der Waals surface area (Å²) in [5.74, 6) is 0.169. The van der Waals surface area contributed by atoms with Crippen LogP contribution in [0.25, 0.3) is 11.1 Å². The average Bonchev–Trinajstić information content (AvgIpc) is 3.09. The van der Waals surface area contributed by atoms with Gasteiger partial charge in [0.2, 0.25) is 0 Å². The summed E-state index contributed by atoms with van der Waals surface area (Å²) in [5.41, 5.74) is 2.48. The molecule has 1 atom stereocenters. The smallest absolute Gasteiger partial charge is 0.269 e. The molecule has 0 spiro atoms. The fraction of sp³-hybridized carbons (Fsp3) is 0.278. The van der Waals surface area contributed by atoms with Gasteiger partial charge in [0.25, 0.3) is 5.91 Å². The molecule has 1 fully saturated rings. The zero-order valence-corrected chi connectivity index (χ0v) is 12.8. The second-order valence-electron chi connectivity index (χ2n) is 5.71. The monoisotopic (exact) mass is 306 g/mol. The van der Waals surface area contributed by atoms with Crippen LogP contribution in [-0.2, 0) is 0 Å². The van der Waals surface area contributed by atoms with E-state index >= 15 is 0 Å². The largest absolute Gasteiger partial charge is 0.350 e. The van der Waals surface area contributed by atoms with Crippen molar-refractivity contribution in [3.8, 4) is 17.3 Å². The first-order chi connectivity index (χ1) is 11.3. The highest BCUT2D eigenvalue weighted by molar-refractivity contribution is 5.92. The van der Waals surface area contributed by atoms with Crippen molar-refractivity contribution >= 4 is 5.91 Å². The fourth-order valence-electron chi connectivity index (χ4n) is 2.75. The molecular formula is C18H18N4O. The number of carbonyl (C=O) groups excluding carboxylic acids is 1. The molecule has 2 aromatic rings. The number of amides is 1. The third-order valence-corrected chi connectivity index (χ3v) is 4.08. The SMILES string of the molecule is N#CN1CC[C@H](CNC(=O)c2ccc(-c3ccccc3)cn2)C1. The van der Waals surface area contributed by atoms with Gasteiger partial charge >= 0.3 is 0 Å². The van der Waals surface area contributed by atoms with Crippen LogP contribution < -0.4 is 5.32 Å². The molecule has 5 heteroatoms. The average molecular weight is 306 g/mol. The Balaban J connectivity index is 1.57. The maximum atomic E-state index is 12.1. The number of hydrogen-bond acceptors (Lipinski definition) is 4. The number of nitrogens with one attached hydrogen (secondary N) is 1. The lowest BCUT2D eigenvalue weighted by Crippen LogP contribution is -2.30. The van der Waals surface area contributed by atoms with Gasteiger partial charge in [-0.3, -0.25) is 9.78 Å². The van der Waals surface area contributed by atoms with Gasteiger partial charge in [-0.1, -0.05) is 36.4 Å². The highest BCUT2D eigenvalue weighted by Gasteiger charge is 2.22. The minimum Gasteiger partial charge on any atom is -0.350 e. The van der Waals surface area contributed by atoms with Crippen LogP contribution in [0.4, 0.5) is 0 Å². The molecule has 3 rings (SSSR count). The van der Waals surface area contributed by atoms with Gasteiger partial charge in [0.05, 0.1) is 0 Å². The van der Waals surface area contributed by atoms with Crippen molar-refractivity contribution in [2.24, 2.45) is 5.92 Å². The van der Waals surface area contributed by atoms with Gasteiger partial charge in [0.1, 0.15) is 5.69 Å². The minimum atomic E-state index is -0.167. The Morgan fingerprint density at radius 2 is 2.09 bits per heavy atom. The van der Waals surface area contributed by atoms with E-state index in [1.54, 1.807) is 17.2 Å². The normalized spacial score (nSPS) is 16.8. The highest BCUT2D eigenvalue weighted by Crippen LogP contribution is 2.18. The van der Waals surface area contributed by atoms with E-state index in [-0.39, 0.29) is 5.91 Å². The van der Waals surface area contributed by atoms with E-state index in [1.807, 2.05) is 36.4 Å². The lowest BCUT2D eigenvalue weighted by atomic mass is 10.1. The molecular weight excluding hydrogens is 288 g/mol. The predicted octanol–water partition coefficient (Wildman–Crippen LogP) is 2.28. The van der Waals surface area contributed by atoms with E-state index in [1.165, 1.54) is 0 Å². The van der Waals surface area contributed by atoms with Crippen LogP contribution >= 0.6 is 0 Å². The molecule has 1 saturated heterocycles. The number of nitriles is 1. The van der Waals surface area contributed by atoms with E-state index in [0.29, 0.717) is 18.2 Å². The summed E-state index contributed by atoms with van der Waals surface area (Å²) in [6.45, 7) is 2.08. The molecule has 1 N–H and O–H groups in total. The topological polar surface area (TPSA) is 69.0 Å². The molecule has 2 heterocycles. The van der Waals surface area contributed by atoms with E-state index in [2.05, 4.69) is 16.5 Å². The van der Waals surface area contributed by atoms with Gasteiger partial charge in [0, 0.05) is 31.4 Å². The molecule has 23 heavy (non-hydrogen) atoms. The number of pyridine rings is 1. The van der Waals surface area contributed by atoms with Crippen molar-refractivity contribution in [2.75, 3.05) is 19.6 Å². The molecule has 0 radical (unpaired) electrons. The molecule has 0 bridgehead atoms. The van der Waals surface area contributed by atoms with Crippen LogP contribution in [0.15, 0.2) is 48.7 Å². The maximum absolute atomic E-state index is 12.1. The van der Waals surface area contributed by atoms with Crippen molar-refractivity contribution in [1.29, 1.82) is 5.26 Å². The van der Waals surface area contributed by atoms with Crippen LogP contribution in [0.5, 0.6) is 0 Å². The molecule has 5 nitrogen and oxygen atoms in total. The summed E-state index contributed by atoms with van der Waals surface area (Å²) < 4.78 is 0. The first-order valence-corrected chi connectivity index (χ1v) is 7.70. The summed E-state index contributed by atoms with van der Waals surface area (Å²) in [4.78, 5) is 18.1. The Kier molecular flexibility index (Phi) is 4.53. The summed E-state index contributed by atoms with van der Waals surface area (Å²) >= 11 is 0. The fourth-order valence-corrected chi connectivity index (χ4v) is 2.75. The predicted molar refractivity (Wildman–Crippen MR) is 87.3 cm³/mol. The third-order valence-electron chi connectivity index (χ3n) is 4.08. The first-order valence-electron chi connectivity index (χ1n) is 7.70. The van der Waals surface area contributed by atoms with Gasteiger partial charge in [-0.2, -0.15) is 5.26 Å². The maximum Gasteiger partial charge on any atom is 0.269 e. The Morgan fingerprint density at radius 3 is 2.74 bits per heavy atom. The van der Waals surface area contributed by atoms with Gasteiger partial charge < -0.3 is 10.2 Å². The molecule has 1 amide bonds. The second kappa shape index (κ2) is 6.93. The highest BCUT2D eigenvalue weighted by atomic mass is 16.1. The quantitative estimate of drug-likeness (QED) is 0.880. The number of carbonyl (C=O) groups is 1. The van der Waals surface area contributed by atoms with Crippen LogP contribution in [0.1, 0.15) is 16.9 Å². The van der Waals surface area contributed by atoms with Crippen LogP contribution in [-0.4, -0.2) is 35.4 Å². The van der Waals surface area contributed by atoms with E-state index in [9.17, 15) is 4.79 Å². The minimum absolute atomic E-state index is 0.167. The van der Waals surface area contributed by atoms with Crippen LogP contribution in [0.2, 0.25) is 0 Å². The number of likely N-dealkylation sites (tertiary alicyclic amines) is 1. The molecule has 0 saturated carbocycles. The Labute approximate surface area is 135 Å². The summed E-state index contributed by atoms with van der Waals surface area (Å²) in [7, 11) is 0. The lowest BCUT2D eigenvalue weighted by Gasteiger charge is -2.11. The lowest BCUT2D eigenvalue weighted by molar-refractivity contribution is 0.0943. The van der Waals surface area contributed by atoms with Gasteiger partial charge in [-0.05, 0) is 24.0 Å². The number of aromatic nitrogens is 1. The Bertz CT molecular complexity index is 706. The van der Waals surface area contributed by atoms with E-state index < -0.39 is 0 Å². The zero-order valence-electron chi connectivity index (χ0n) is 12.8. The van der Waals surface area contributed by atoms with Gasteiger partial charge in [-0.25, -0.2) is 0 Å². The summed E-state index contributed by atoms with van der Waals surface area (Å²) in [6.07, 6.45) is 4.80. The van der Waals surface area contributed by atoms with Crippen molar-refractivity contribution in [2.45, 2.75) is 6.42 Å². The van der Waals surface area contributed by atoms with Crippen molar-refractivity contribution in [3.63, 3.8) is 0 Å².